The molecule has 114 valence electrons. The number of nitrogens with zero attached hydrogens (tertiary/aromatic N) is 1. The molecule has 0 aliphatic carbocycles. The Labute approximate surface area is 117 Å². The number of aliphatic carboxylic acids is 1. The molecule has 8 nitrogen and oxygen atoms in total. The molecule has 4 N–H and O–H groups in total. The van der Waals surface area contributed by atoms with Gasteiger partial charge in [0.05, 0.1) is 19.3 Å². The van der Waals surface area contributed by atoms with Gasteiger partial charge in [0.1, 0.15) is 0 Å². The van der Waals surface area contributed by atoms with E-state index in [1.54, 1.807) is 4.90 Å². The molecule has 20 heavy (non-hydrogen) atoms. The summed E-state index contributed by atoms with van der Waals surface area (Å²) in [5.74, 6) is -1.45. The summed E-state index contributed by atoms with van der Waals surface area (Å²) in [6.45, 7) is 2.43. The summed E-state index contributed by atoms with van der Waals surface area (Å²) in [7, 11) is 0. The zero-order valence-corrected chi connectivity index (χ0v) is 11.3. The maximum Gasteiger partial charge on any atom is 0.303 e. The van der Waals surface area contributed by atoms with Crippen molar-refractivity contribution in [3.8, 4) is 0 Å². The standard InChI is InChI=1S/C12H21N3O5/c13-9(1-2-11(17)18)12(19)14-4-3-10(16)15-5-7-20-8-6-15/h9H,1-8,13H2,(H,14,19)(H,17,18). The second kappa shape index (κ2) is 8.49. The second-order valence-electron chi connectivity index (χ2n) is 4.57. The van der Waals surface area contributed by atoms with Crippen LogP contribution in [0.4, 0.5) is 0 Å². The average Bonchev–Trinajstić information content (AvgIpc) is 2.45. The van der Waals surface area contributed by atoms with Gasteiger partial charge in [0.15, 0.2) is 0 Å². The molecule has 0 aromatic rings. The Hall–Kier alpha value is -1.67. The number of carboxylic acid groups (broad SMARTS) is 1. The van der Waals surface area contributed by atoms with Gasteiger partial charge in [-0.2, -0.15) is 0 Å². The molecule has 1 aliphatic heterocycles. The first-order valence-corrected chi connectivity index (χ1v) is 6.61. The first-order valence-electron chi connectivity index (χ1n) is 6.61. The van der Waals surface area contributed by atoms with Gasteiger partial charge < -0.3 is 25.8 Å². The van der Waals surface area contributed by atoms with Gasteiger partial charge in [-0.15, -0.1) is 0 Å². The van der Waals surface area contributed by atoms with Crippen LogP contribution in [0.15, 0.2) is 0 Å². The number of amides is 2. The average molecular weight is 287 g/mol. The lowest BCUT2D eigenvalue weighted by molar-refractivity contribution is -0.137. The molecule has 1 fully saturated rings. The highest BCUT2D eigenvalue weighted by molar-refractivity contribution is 5.83. The van der Waals surface area contributed by atoms with Gasteiger partial charge in [-0.25, -0.2) is 0 Å². The van der Waals surface area contributed by atoms with Crippen LogP contribution in [-0.4, -0.2) is 66.7 Å². The largest absolute Gasteiger partial charge is 0.481 e. The zero-order valence-electron chi connectivity index (χ0n) is 11.3. The summed E-state index contributed by atoms with van der Waals surface area (Å²) in [4.78, 5) is 35.4. The first-order chi connectivity index (χ1) is 9.50. The fourth-order valence-corrected chi connectivity index (χ4v) is 1.80. The van der Waals surface area contributed by atoms with Crippen molar-refractivity contribution in [3.05, 3.63) is 0 Å². The lowest BCUT2D eigenvalue weighted by Gasteiger charge is -2.26. The van der Waals surface area contributed by atoms with E-state index < -0.39 is 17.9 Å². The van der Waals surface area contributed by atoms with Gasteiger partial charge in [0.2, 0.25) is 11.8 Å². The number of ether oxygens (including phenoxy) is 1. The van der Waals surface area contributed by atoms with Gasteiger partial charge in [-0.3, -0.25) is 14.4 Å². The van der Waals surface area contributed by atoms with E-state index in [1.807, 2.05) is 0 Å². The number of nitrogens with one attached hydrogen (secondary N) is 1. The minimum Gasteiger partial charge on any atom is -0.481 e. The number of hydrogen-bond acceptors (Lipinski definition) is 5. The van der Waals surface area contributed by atoms with Gasteiger partial charge >= 0.3 is 5.97 Å². The molecule has 0 aromatic heterocycles. The molecule has 1 aliphatic rings. The van der Waals surface area contributed by atoms with E-state index in [4.69, 9.17) is 15.6 Å². The molecule has 0 spiro atoms. The fourth-order valence-electron chi connectivity index (χ4n) is 1.80. The van der Waals surface area contributed by atoms with E-state index in [1.165, 1.54) is 0 Å². The molecule has 0 bridgehead atoms. The predicted octanol–water partition coefficient (Wildman–Crippen LogP) is -1.46. The van der Waals surface area contributed by atoms with Crippen LogP contribution in [0.25, 0.3) is 0 Å². The quantitative estimate of drug-likeness (QED) is 0.526. The van der Waals surface area contributed by atoms with Crippen molar-refractivity contribution in [2.24, 2.45) is 5.73 Å². The molecule has 1 rings (SSSR count). The molecule has 8 heteroatoms. The van der Waals surface area contributed by atoms with Crippen molar-refractivity contribution in [1.29, 1.82) is 0 Å². The van der Waals surface area contributed by atoms with E-state index in [0.717, 1.165) is 0 Å². The van der Waals surface area contributed by atoms with E-state index in [9.17, 15) is 14.4 Å². The molecule has 1 atom stereocenters. The second-order valence-corrected chi connectivity index (χ2v) is 4.57. The third-order valence-electron chi connectivity index (χ3n) is 3.01. The van der Waals surface area contributed by atoms with Crippen LogP contribution in [0.2, 0.25) is 0 Å². The Kier molecular flexibility index (Phi) is 6.96. The van der Waals surface area contributed by atoms with Crippen LogP contribution in [0.5, 0.6) is 0 Å². The Bertz CT molecular complexity index is 355. The van der Waals surface area contributed by atoms with Crippen LogP contribution in [0.1, 0.15) is 19.3 Å². The lowest BCUT2D eigenvalue weighted by atomic mass is 10.1. The maximum atomic E-state index is 11.8. The number of nitrogens with two attached hydrogens (primary N) is 1. The highest BCUT2D eigenvalue weighted by atomic mass is 16.5. The van der Waals surface area contributed by atoms with E-state index in [0.29, 0.717) is 26.3 Å². The van der Waals surface area contributed by atoms with Crippen molar-refractivity contribution in [1.82, 2.24) is 10.2 Å². The molecule has 0 saturated carbocycles. The summed E-state index contributed by atoms with van der Waals surface area (Å²) in [5.41, 5.74) is 5.54. The van der Waals surface area contributed by atoms with Crippen molar-refractivity contribution >= 4 is 17.8 Å². The number of carbonyl (C=O) groups excluding carboxylic acids is 2. The summed E-state index contributed by atoms with van der Waals surface area (Å²) in [6, 6.07) is -0.857. The normalized spacial score (nSPS) is 16.6. The molecular weight excluding hydrogens is 266 g/mol. The number of morpholine rings is 1. The van der Waals surface area contributed by atoms with Crippen molar-refractivity contribution in [2.45, 2.75) is 25.3 Å². The van der Waals surface area contributed by atoms with Crippen molar-refractivity contribution in [3.63, 3.8) is 0 Å². The fraction of sp³-hybridized carbons (Fsp3) is 0.750. The van der Waals surface area contributed by atoms with Crippen molar-refractivity contribution in [2.75, 3.05) is 32.8 Å². The smallest absolute Gasteiger partial charge is 0.303 e. The Balaban J connectivity index is 2.17. The highest BCUT2D eigenvalue weighted by Crippen LogP contribution is 2.00. The third-order valence-corrected chi connectivity index (χ3v) is 3.01. The lowest BCUT2D eigenvalue weighted by Crippen LogP contribution is -2.44. The predicted molar refractivity (Wildman–Crippen MR) is 69.9 cm³/mol. The molecule has 1 saturated heterocycles. The third kappa shape index (κ3) is 5.98. The summed E-state index contributed by atoms with van der Waals surface area (Å²) >= 11 is 0. The molecule has 2 amide bonds. The van der Waals surface area contributed by atoms with Crippen LogP contribution in [0, 0.1) is 0 Å². The summed E-state index contributed by atoms with van der Waals surface area (Å²) < 4.78 is 5.14. The minimum absolute atomic E-state index is 0.0345. The first kappa shape index (κ1) is 16.4. The maximum absolute atomic E-state index is 11.8. The number of carbonyl (C=O) groups is 3. The monoisotopic (exact) mass is 287 g/mol. The number of carboxylic acids is 1. The zero-order chi connectivity index (χ0) is 15.0. The Morgan fingerprint density at radius 1 is 1.25 bits per heavy atom. The van der Waals surface area contributed by atoms with Crippen molar-refractivity contribution < 1.29 is 24.2 Å². The van der Waals surface area contributed by atoms with Crippen LogP contribution in [0.3, 0.4) is 0 Å². The molecule has 1 heterocycles. The van der Waals surface area contributed by atoms with E-state index in [2.05, 4.69) is 5.32 Å². The van der Waals surface area contributed by atoms with E-state index >= 15 is 0 Å². The molecular formula is C12H21N3O5. The van der Waals surface area contributed by atoms with Crippen LogP contribution < -0.4 is 11.1 Å². The van der Waals surface area contributed by atoms with Gasteiger partial charge in [-0.1, -0.05) is 0 Å². The molecule has 1 unspecified atom stereocenters. The van der Waals surface area contributed by atoms with Gasteiger partial charge in [0.25, 0.3) is 0 Å². The van der Waals surface area contributed by atoms with Gasteiger partial charge in [0, 0.05) is 32.5 Å². The minimum atomic E-state index is -0.990. The Morgan fingerprint density at radius 3 is 2.50 bits per heavy atom. The SMILES string of the molecule is NC(CCC(=O)O)C(=O)NCCC(=O)N1CCOCC1. The Morgan fingerprint density at radius 2 is 1.90 bits per heavy atom. The molecule has 0 radical (unpaired) electrons. The van der Waals surface area contributed by atoms with Crippen LogP contribution >= 0.6 is 0 Å². The van der Waals surface area contributed by atoms with Gasteiger partial charge in [-0.05, 0) is 6.42 Å². The highest BCUT2D eigenvalue weighted by Gasteiger charge is 2.18. The number of rotatable bonds is 7. The van der Waals surface area contributed by atoms with E-state index in [-0.39, 0.29) is 31.7 Å². The number of hydrogen-bond donors (Lipinski definition) is 3. The topological polar surface area (TPSA) is 122 Å². The summed E-state index contributed by atoms with van der Waals surface area (Å²) in [5, 5.41) is 11.0. The van der Waals surface area contributed by atoms with Crippen LogP contribution in [-0.2, 0) is 19.1 Å². The molecule has 0 aromatic carbocycles. The summed E-state index contributed by atoms with van der Waals surface area (Å²) in [6.07, 6.45) is 0.136.